The summed E-state index contributed by atoms with van der Waals surface area (Å²) < 4.78 is 0. The minimum Gasteiger partial charge on any atom is -0.390 e. The summed E-state index contributed by atoms with van der Waals surface area (Å²) in [6.07, 6.45) is 4.92. The van der Waals surface area contributed by atoms with Gasteiger partial charge in [-0.3, -0.25) is 0 Å². The molecule has 94 valence electrons. The van der Waals surface area contributed by atoms with E-state index in [2.05, 4.69) is 6.92 Å². The molecular weight excluding hydrogens is 188 g/mol. The zero-order valence-electron chi connectivity index (χ0n) is 11.4. The fraction of sp³-hybridized carbons (Fsp3) is 1.00. The van der Waals surface area contributed by atoms with E-state index in [1.807, 2.05) is 34.6 Å². The van der Waals surface area contributed by atoms with Crippen LogP contribution in [0.4, 0.5) is 0 Å². The van der Waals surface area contributed by atoms with E-state index in [1.54, 1.807) is 0 Å². The van der Waals surface area contributed by atoms with Gasteiger partial charge in [0.05, 0.1) is 11.2 Å². The second-order valence-electron chi connectivity index (χ2n) is 5.12. The van der Waals surface area contributed by atoms with Gasteiger partial charge in [0.1, 0.15) is 0 Å². The van der Waals surface area contributed by atoms with Crippen molar-refractivity contribution in [1.82, 2.24) is 0 Å². The standard InChI is InChI=1S/C7H16O.C6H14O/c1-4-5-6-7(2,3)8;1-4-6(3,7)5-2/h8H,4-6H2,1-3H3;7H,4-5H2,1-3H3. The van der Waals surface area contributed by atoms with Gasteiger partial charge in [0.25, 0.3) is 0 Å². The highest BCUT2D eigenvalue weighted by atomic mass is 16.3. The molecule has 0 rings (SSSR count). The van der Waals surface area contributed by atoms with E-state index in [0.717, 1.165) is 25.7 Å². The summed E-state index contributed by atoms with van der Waals surface area (Å²) in [5.74, 6) is 0. The lowest BCUT2D eigenvalue weighted by atomic mass is 10.0. The first kappa shape index (κ1) is 17.3. The minimum atomic E-state index is -0.448. The summed E-state index contributed by atoms with van der Waals surface area (Å²) in [6, 6.07) is 0. The largest absolute Gasteiger partial charge is 0.390 e. The van der Waals surface area contributed by atoms with Crippen LogP contribution >= 0.6 is 0 Å². The summed E-state index contributed by atoms with van der Waals surface area (Å²) in [4.78, 5) is 0. The highest BCUT2D eigenvalue weighted by Crippen LogP contribution is 2.11. The van der Waals surface area contributed by atoms with Crippen LogP contribution in [0.2, 0.25) is 0 Å². The van der Waals surface area contributed by atoms with E-state index in [4.69, 9.17) is 10.2 Å². The van der Waals surface area contributed by atoms with Gasteiger partial charge in [-0.15, -0.1) is 0 Å². The second-order valence-corrected chi connectivity index (χ2v) is 5.12. The van der Waals surface area contributed by atoms with Crippen molar-refractivity contribution in [3.05, 3.63) is 0 Å². The maximum atomic E-state index is 9.15. The molecule has 0 aliphatic rings. The molecule has 0 unspecified atom stereocenters. The lowest BCUT2D eigenvalue weighted by Gasteiger charge is -2.17. The number of hydrogen-bond donors (Lipinski definition) is 2. The van der Waals surface area contributed by atoms with E-state index >= 15 is 0 Å². The molecule has 0 aliphatic heterocycles. The second kappa shape index (κ2) is 8.12. The molecule has 0 fully saturated rings. The van der Waals surface area contributed by atoms with Crippen LogP contribution in [0.25, 0.3) is 0 Å². The van der Waals surface area contributed by atoms with Gasteiger partial charge in [0.15, 0.2) is 0 Å². The average molecular weight is 218 g/mol. The predicted molar refractivity (Wildman–Crippen MR) is 67.0 cm³/mol. The number of aliphatic hydroxyl groups is 2. The highest BCUT2D eigenvalue weighted by Gasteiger charge is 2.12. The van der Waals surface area contributed by atoms with Gasteiger partial charge in [-0.1, -0.05) is 33.6 Å². The van der Waals surface area contributed by atoms with Crippen molar-refractivity contribution in [2.24, 2.45) is 0 Å². The zero-order valence-corrected chi connectivity index (χ0v) is 11.4. The van der Waals surface area contributed by atoms with Gasteiger partial charge < -0.3 is 10.2 Å². The Bertz CT molecular complexity index is 128. The Morgan fingerprint density at radius 1 is 0.867 bits per heavy atom. The molecule has 15 heavy (non-hydrogen) atoms. The Kier molecular flexibility index (Phi) is 9.37. The molecule has 0 bridgehead atoms. The summed E-state index contributed by atoms with van der Waals surface area (Å²) in [5.41, 5.74) is -0.865. The maximum absolute atomic E-state index is 9.15. The molecule has 0 aromatic heterocycles. The van der Waals surface area contributed by atoms with Crippen molar-refractivity contribution >= 4 is 0 Å². The lowest BCUT2D eigenvalue weighted by molar-refractivity contribution is 0.0521. The van der Waals surface area contributed by atoms with Crippen LogP contribution < -0.4 is 0 Å². The summed E-state index contributed by atoms with van der Waals surface area (Å²) >= 11 is 0. The maximum Gasteiger partial charge on any atom is 0.0614 e. The van der Waals surface area contributed by atoms with Crippen molar-refractivity contribution in [2.75, 3.05) is 0 Å². The third-order valence-corrected chi connectivity index (χ3v) is 2.67. The van der Waals surface area contributed by atoms with Crippen molar-refractivity contribution < 1.29 is 10.2 Å². The van der Waals surface area contributed by atoms with E-state index in [0.29, 0.717) is 0 Å². The summed E-state index contributed by atoms with van der Waals surface area (Å²) in [5, 5.41) is 18.3. The van der Waals surface area contributed by atoms with Crippen molar-refractivity contribution in [3.8, 4) is 0 Å². The van der Waals surface area contributed by atoms with Gasteiger partial charge in [-0.25, -0.2) is 0 Å². The molecule has 0 saturated carbocycles. The smallest absolute Gasteiger partial charge is 0.0614 e. The van der Waals surface area contributed by atoms with Crippen LogP contribution in [0.5, 0.6) is 0 Å². The molecule has 2 heteroatoms. The number of unbranched alkanes of at least 4 members (excludes halogenated alkanes) is 1. The van der Waals surface area contributed by atoms with Crippen LogP contribution in [0.1, 0.15) is 73.6 Å². The van der Waals surface area contributed by atoms with Gasteiger partial charge in [0.2, 0.25) is 0 Å². The Labute approximate surface area is 95.7 Å². The van der Waals surface area contributed by atoms with Gasteiger partial charge >= 0.3 is 0 Å². The first-order valence-corrected chi connectivity index (χ1v) is 6.13. The topological polar surface area (TPSA) is 40.5 Å². The molecule has 0 radical (unpaired) electrons. The zero-order chi connectivity index (χ0) is 12.5. The summed E-state index contributed by atoms with van der Waals surface area (Å²) in [7, 11) is 0. The van der Waals surface area contributed by atoms with E-state index in [1.165, 1.54) is 6.42 Å². The van der Waals surface area contributed by atoms with Crippen LogP contribution in [0, 0.1) is 0 Å². The summed E-state index contributed by atoms with van der Waals surface area (Å²) in [6.45, 7) is 11.7. The Balaban J connectivity index is 0. The molecule has 0 aromatic carbocycles. The molecule has 0 amide bonds. The van der Waals surface area contributed by atoms with Crippen LogP contribution in [0.3, 0.4) is 0 Å². The van der Waals surface area contributed by atoms with Crippen LogP contribution in [0.15, 0.2) is 0 Å². The number of hydrogen-bond acceptors (Lipinski definition) is 2. The molecule has 2 N–H and O–H groups in total. The van der Waals surface area contributed by atoms with E-state index in [9.17, 15) is 0 Å². The van der Waals surface area contributed by atoms with Crippen molar-refractivity contribution in [1.29, 1.82) is 0 Å². The van der Waals surface area contributed by atoms with Crippen molar-refractivity contribution in [3.63, 3.8) is 0 Å². The molecule has 0 aromatic rings. The van der Waals surface area contributed by atoms with E-state index < -0.39 is 11.2 Å². The third kappa shape index (κ3) is 16.6. The quantitative estimate of drug-likeness (QED) is 0.741. The predicted octanol–water partition coefficient (Wildman–Crippen LogP) is 3.50. The molecule has 0 heterocycles. The van der Waals surface area contributed by atoms with Crippen LogP contribution in [-0.4, -0.2) is 21.4 Å². The SMILES string of the molecule is CCC(C)(O)CC.CCCCC(C)(C)O. The molecule has 0 atom stereocenters. The first-order chi connectivity index (χ1) is 6.68. The van der Waals surface area contributed by atoms with Crippen molar-refractivity contribution in [2.45, 2.75) is 84.8 Å². The molecule has 0 spiro atoms. The van der Waals surface area contributed by atoms with Gasteiger partial charge in [-0.05, 0) is 40.0 Å². The molecule has 0 saturated heterocycles. The normalized spacial score (nSPS) is 12.0. The molecule has 2 nitrogen and oxygen atoms in total. The monoisotopic (exact) mass is 218 g/mol. The fourth-order valence-electron chi connectivity index (χ4n) is 0.859. The molecular formula is C13H30O2. The van der Waals surface area contributed by atoms with E-state index in [-0.39, 0.29) is 0 Å². The highest BCUT2D eigenvalue weighted by molar-refractivity contribution is 4.65. The first-order valence-electron chi connectivity index (χ1n) is 6.13. The average Bonchev–Trinajstić information content (AvgIpc) is 2.15. The van der Waals surface area contributed by atoms with Crippen LogP contribution in [-0.2, 0) is 0 Å². The lowest BCUT2D eigenvalue weighted by Crippen LogP contribution is -2.20. The Hall–Kier alpha value is -0.0800. The third-order valence-electron chi connectivity index (χ3n) is 2.67. The molecule has 0 aliphatic carbocycles. The van der Waals surface area contributed by atoms with Gasteiger partial charge in [0, 0.05) is 0 Å². The Morgan fingerprint density at radius 3 is 1.33 bits per heavy atom. The van der Waals surface area contributed by atoms with Gasteiger partial charge in [-0.2, -0.15) is 0 Å². The fourth-order valence-corrected chi connectivity index (χ4v) is 0.859. The minimum absolute atomic E-state index is 0.417. The number of rotatable bonds is 5. The Morgan fingerprint density at radius 2 is 1.27 bits per heavy atom.